The molecule has 3 rings (SSSR count). The Morgan fingerprint density at radius 3 is 2.92 bits per heavy atom. The van der Waals surface area contributed by atoms with Crippen LogP contribution in [0.4, 0.5) is 0 Å². The number of fused-ring (bicyclic) bond motifs is 1. The molecule has 134 valence electrons. The Balaban J connectivity index is 1.46. The van der Waals surface area contributed by atoms with Gasteiger partial charge in [-0.15, -0.1) is 10.2 Å². The summed E-state index contributed by atoms with van der Waals surface area (Å²) in [5.74, 6) is 3.64. The molecule has 0 atom stereocenters. The number of halogens is 1. The first-order valence-corrected chi connectivity index (χ1v) is 8.76. The Bertz CT molecular complexity index is 727. The number of nitrogens with zero attached hydrogens (tertiary/aromatic N) is 5. The van der Waals surface area contributed by atoms with E-state index in [1.807, 2.05) is 36.2 Å². The number of aliphatic imine (C=N–C) groups is 1. The first-order chi connectivity index (χ1) is 12.2. The first kappa shape index (κ1) is 17.5. The summed E-state index contributed by atoms with van der Waals surface area (Å²) in [4.78, 5) is 6.34. The summed E-state index contributed by atoms with van der Waals surface area (Å²) in [6, 6.07) is 7.36. The van der Waals surface area contributed by atoms with Crippen molar-refractivity contribution in [3.63, 3.8) is 0 Å². The minimum absolute atomic E-state index is 0.555. The van der Waals surface area contributed by atoms with E-state index in [1.165, 1.54) is 0 Å². The van der Waals surface area contributed by atoms with Gasteiger partial charge in [0.05, 0.1) is 13.1 Å². The van der Waals surface area contributed by atoms with Gasteiger partial charge in [0.25, 0.3) is 0 Å². The molecule has 0 spiro atoms. The van der Waals surface area contributed by atoms with Gasteiger partial charge in [-0.25, -0.2) is 0 Å². The number of likely N-dealkylation sites (N-methyl/N-ethyl adjacent to an activating group) is 1. The van der Waals surface area contributed by atoms with Crippen LogP contribution >= 0.6 is 11.6 Å². The third-order valence-corrected chi connectivity index (χ3v) is 4.43. The van der Waals surface area contributed by atoms with Crippen LogP contribution in [0.15, 0.2) is 29.3 Å². The first-order valence-electron chi connectivity index (χ1n) is 8.38. The van der Waals surface area contributed by atoms with Crippen LogP contribution in [0.2, 0.25) is 5.02 Å². The second-order valence-electron chi connectivity index (χ2n) is 5.91. The van der Waals surface area contributed by atoms with Crippen molar-refractivity contribution in [2.45, 2.75) is 25.9 Å². The summed E-state index contributed by atoms with van der Waals surface area (Å²) in [6.45, 7) is 2.88. The van der Waals surface area contributed by atoms with Crippen molar-refractivity contribution in [3.05, 3.63) is 40.9 Å². The minimum Gasteiger partial charge on any atom is -0.492 e. The molecule has 1 aromatic carbocycles. The number of aryl methyl sites for hydroxylation is 1. The fraction of sp³-hybridized carbons (Fsp3) is 0.471. The van der Waals surface area contributed by atoms with Gasteiger partial charge in [-0.3, -0.25) is 4.99 Å². The van der Waals surface area contributed by atoms with Crippen LogP contribution in [0.5, 0.6) is 5.75 Å². The molecule has 1 aliphatic rings. The molecular formula is C17H23ClN6O. The number of hydrogen-bond donors (Lipinski definition) is 1. The molecular weight excluding hydrogens is 340 g/mol. The molecule has 0 unspecified atom stereocenters. The van der Waals surface area contributed by atoms with Gasteiger partial charge in [-0.05, 0) is 30.7 Å². The van der Waals surface area contributed by atoms with Crippen molar-refractivity contribution in [3.8, 4) is 5.75 Å². The van der Waals surface area contributed by atoms with E-state index in [2.05, 4.69) is 25.1 Å². The molecule has 0 saturated heterocycles. The van der Waals surface area contributed by atoms with Crippen LogP contribution in [0, 0.1) is 0 Å². The van der Waals surface area contributed by atoms with E-state index in [9.17, 15) is 0 Å². The van der Waals surface area contributed by atoms with Gasteiger partial charge in [0, 0.05) is 32.1 Å². The highest BCUT2D eigenvalue weighted by atomic mass is 35.5. The summed E-state index contributed by atoms with van der Waals surface area (Å²) in [5.41, 5.74) is 0. The Morgan fingerprint density at radius 2 is 2.16 bits per heavy atom. The minimum atomic E-state index is 0.555. The van der Waals surface area contributed by atoms with E-state index in [0.717, 1.165) is 42.7 Å². The van der Waals surface area contributed by atoms with Gasteiger partial charge in [0.1, 0.15) is 18.2 Å². The zero-order valence-electron chi connectivity index (χ0n) is 14.6. The molecule has 1 aliphatic heterocycles. The van der Waals surface area contributed by atoms with Crippen molar-refractivity contribution < 1.29 is 4.74 Å². The van der Waals surface area contributed by atoms with Gasteiger partial charge >= 0.3 is 0 Å². The molecule has 0 bridgehead atoms. The summed E-state index contributed by atoms with van der Waals surface area (Å²) in [5, 5.41) is 12.5. The van der Waals surface area contributed by atoms with Gasteiger partial charge in [-0.1, -0.05) is 11.6 Å². The average molecular weight is 363 g/mol. The quantitative estimate of drug-likeness (QED) is 0.628. The largest absolute Gasteiger partial charge is 0.492 e. The Kier molecular flexibility index (Phi) is 5.75. The standard InChI is InChI=1S/C17H23ClN6O/c1-19-17(20-12-16-22-21-15-4-3-9-24(15)16)23(2)10-11-25-14-7-5-13(18)6-8-14/h5-8H,3-4,9-12H2,1-2H3,(H,19,20). The van der Waals surface area contributed by atoms with E-state index in [-0.39, 0.29) is 0 Å². The SMILES string of the molecule is CN=C(NCc1nnc2n1CCC2)N(C)CCOc1ccc(Cl)cc1. The van der Waals surface area contributed by atoms with E-state index in [1.54, 1.807) is 7.05 Å². The average Bonchev–Trinajstić information content (AvgIpc) is 3.22. The lowest BCUT2D eigenvalue weighted by Gasteiger charge is -2.22. The maximum absolute atomic E-state index is 5.87. The van der Waals surface area contributed by atoms with Crippen LogP contribution in [0.25, 0.3) is 0 Å². The number of hydrogen-bond acceptors (Lipinski definition) is 4. The summed E-state index contributed by atoms with van der Waals surface area (Å²) < 4.78 is 7.91. The molecule has 0 fully saturated rings. The molecule has 0 aliphatic carbocycles. The van der Waals surface area contributed by atoms with E-state index < -0.39 is 0 Å². The zero-order chi connectivity index (χ0) is 17.6. The highest BCUT2D eigenvalue weighted by Crippen LogP contribution is 2.15. The molecule has 25 heavy (non-hydrogen) atoms. The Hall–Kier alpha value is -2.28. The van der Waals surface area contributed by atoms with Gasteiger partial charge in [0.15, 0.2) is 11.8 Å². The Morgan fingerprint density at radius 1 is 1.36 bits per heavy atom. The lowest BCUT2D eigenvalue weighted by Crippen LogP contribution is -2.40. The van der Waals surface area contributed by atoms with Gasteiger partial charge in [0.2, 0.25) is 0 Å². The van der Waals surface area contributed by atoms with Crippen molar-refractivity contribution in [1.82, 2.24) is 25.0 Å². The molecule has 1 aromatic heterocycles. The zero-order valence-corrected chi connectivity index (χ0v) is 15.3. The third kappa shape index (κ3) is 4.42. The second-order valence-corrected chi connectivity index (χ2v) is 6.35. The van der Waals surface area contributed by atoms with Gasteiger partial charge < -0.3 is 19.5 Å². The van der Waals surface area contributed by atoms with E-state index in [4.69, 9.17) is 16.3 Å². The summed E-state index contributed by atoms with van der Waals surface area (Å²) in [7, 11) is 3.75. The monoisotopic (exact) mass is 362 g/mol. The molecule has 2 heterocycles. The molecule has 7 nitrogen and oxygen atoms in total. The van der Waals surface area contributed by atoms with Crippen LogP contribution in [0.3, 0.4) is 0 Å². The highest BCUT2D eigenvalue weighted by molar-refractivity contribution is 6.30. The van der Waals surface area contributed by atoms with Crippen LogP contribution < -0.4 is 10.1 Å². The predicted molar refractivity (Wildman–Crippen MR) is 98.1 cm³/mol. The molecule has 0 radical (unpaired) electrons. The molecule has 0 saturated carbocycles. The fourth-order valence-electron chi connectivity index (χ4n) is 2.82. The number of nitrogens with one attached hydrogen (secondary N) is 1. The van der Waals surface area contributed by atoms with E-state index >= 15 is 0 Å². The molecule has 2 aromatic rings. The lowest BCUT2D eigenvalue weighted by atomic mass is 10.3. The van der Waals surface area contributed by atoms with Crippen LogP contribution in [-0.2, 0) is 19.5 Å². The number of ether oxygens (including phenoxy) is 1. The number of guanidine groups is 1. The third-order valence-electron chi connectivity index (χ3n) is 4.17. The summed E-state index contributed by atoms with van der Waals surface area (Å²) in [6.07, 6.45) is 2.16. The van der Waals surface area contributed by atoms with Crippen LogP contribution in [-0.4, -0.2) is 52.9 Å². The molecule has 0 amide bonds. The smallest absolute Gasteiger partial charge is 0.193 e. The van der Waals surface area contributed by atoms with E-state index in [0.29, 0.717) is 24.7 Å². The Labute approximate surface area is 152 Å². The second kappa shape index (κ2) is 8.20. The number of benzene rings is 1. The van der Waals surface area contributed by atoms with Crippen molar-refractivity contribution in [2.75, 3.05) is 27.2 Å². The van der Waals surface area contributed by atoms with Crippen molar-refractivity contribution in [2.24, 2.45) is 4.99 Å². The topological polar surface area (TPSA) is 67.6 Å². The lowest BCUT2D eigenvalue weighted by molar-refractivity contribution is 0.281. The maximum atomic E-state index is 5.87. The maximum Gasteiger partial charge on any atom is 0.193 e. The number of rotatable bonds is 6. The van der Waals surface area contributed by atoms with Gasteiger partial charge in [-0.2, -0.15) is 0 Å². The highest BCUT2D eigenvalue weighted by Gasteiger charge is 2.17. The molecule has 8 heteroatoms. The summed E-state index contributed by atoms with van der Waals surface area (Å²) >= 11 is 5.87. The predicted octanol–water partition coefficient (Wildman–Crippen LogP) is 1.96. The normalized spacial score (nSPS) is 13.6. The molecule has 1 N–H and O–H groups in total. The van der Waals surface area contributed by atoms with Crippen LogP contribution in [0.1, 0.15) is 18.1 Å². The fourth-order valence-corrected chi connectivity index (χ4v) is 2.95. The van der Waals surface area contributed by atoms with Crippen molar-refractivity contribution in [1.29, 1.82) is 0 Å². The number of aromatic nitrogens is 3. The van der Waals surface area contributed by atoms with Crippen molar-refractivity contribution >= 4 is 17.6 Å².